The maximum atomic E-state index is 12.7. The Morgan fingerprint density at radius 3 is 2.78 bits per heavy atom. The molecule has 0 radical (unpaired) electrons. The monoisotopic (exact) mass is 395 g/mol. The number of nitrogens with zero attached hydrogens (tertiary/aromatic N) is 3. The van der Waals surface area contributed by atoms with Crippen molar-refractivity contribution >= 4 is 33.4 Å². The van der Waals surface area contributed by atoms with Crippen LogP contribution in [0.3, 0.4) is 0 Å². The van der Waals surface area contributed by atoms with Crippen LogP contribution in [0.25, 0.3) is 0 Å². The molecule has 0 aliphatic carbocycles. The number of halogens is 2. The molecule has 23 heavy (non-hydrogen) atoms. The van der Waals surface area contributed by atoms with E-state index in [-0.39, 0.29) is 18.0 Å². The van der Waals surface area contributed by atoms with E-state index >= 15 is 0 Å². The second-order valence-corrected chi connectivity index (χ2v) is 6.59. The lowest BCUT2D eigenvalue weighted by molar-refractivity contribution is 0.0515. The smallest absolute Gasteiger partial charge is 0.316 e. The third kappa shape index (κ3) is 4.00. The summed E-state index contributed by atoms with van der Waals surface area (Å²) in [6, 6.07) is 7.72. The average Bonchev–Trinajstić information content (AvgIpc) is 2.57. The quantitative estimate of drug-likeness (QED) is 0.796. The number of hydrogen-bond acceptors (Lipinski definition) is 4. The van der Waals surface area contributed by atoms with Crippen LogP contribution in [0.15, 0.2) is 41.1 Å². The van der Waals surface area contributed by atoms with E-state index in [1.165, 1.54) is 12.4 Å². The summed E-state index contributed by atoms with van der Waals surface area (Å²) < 4.78 is 6.57. The van der Waals surface area contributed by atoms with Crippen LogP contribution >= 0.6 is 27.5 Å². The first-order valence-corrected chi connectivity index (χ1v) is 8.48. The van der Waals surface area contributed by atoms with E-state index in [2.05, 4.69) is 25.9 Å². The molecule has 0 saturated carbocycles. The highest BCUT2D eigenvalue weighted by Crippen LogP contribution is 2.22. The Morgan fingerprint density at radius 1 is 1.30 bits per heavy atom. The van der Waals surface area contributed by atoms with Gasteiger partial charge in [0.05, 0.1) is 29.5 Å². The minimum atomic E-state index is -0.114. The number of rotatable bonds is 3. The minimum Gasteiger partial charge on any atom is -0.458 e. The lowest BCUT2D eigenvalue weighted by Gasteiger charge is -2.32. The van der Waals surface area contributed by atoms with Crippen molar-refractivity contribution < 1.29 is 9.53 Å². The van der Waals surface area contributed by atoms with Gasteiger partial charge in [0.2, 0.25) is 0 Å². The molecule has 2 heterocycles. The number of amides is 1. The van der Waals surface area contributed by atoms with Gasteiger partial charge in [0.15, 0.2) is 0 Å². The fourth-order valence-electron chi connectivity index (χ4n) is 2.53. The summed E-state index contributed by atoms with van der Waals surface area (Å²) >= 11 is 9.19. The summed E-state index contributed by atoms with van der Waals surface area (Å²) in [7, 11) is 0. The van der Waals surface area contributed by atoms with Crippen LogP contribution in [0.2, 0.25) is 5.02 Å². The molecule has 0 bridgehead atoms. The Morgan fingerprint density at radius 2 is 2.04 bits per heavy atom. The zero-order valence-corrected chi connectivity index (χ0v) is 14.6. The summed E-state index contributed by atoms with van der Waals surface area (Å²) in [5.41, 5.74) is 0.663. The molecular weight excluding hydrogens is 382 g/mol. The van der Waals surface area contributed by atoms with Crippen LogP contribution in [0.5, 0.6) is 6.01 Å². The second-order valence-electron chi connectivity index (χ2n) is 5.30. The maximum absolute atomic E-state index is 12.7. The van der Waals surface area contributed by atoms with Crippen LogP contribution in [-0.2, 0) is 0 Å². The van der Waals surface area contributed by atoms with Gasteiger partial charge in [0.1, 0.15) is 6.10 Å². The van der Waals surface area contributed by atoms with Crippen molar-refractivity contribution in [1.82, 2.24) is 14.9 Å². The SMILES string of the molecule is O=C(c1ccccc1Br)N1CCCC(Oc2ncc(Cl)cn2)C1. The second kappa shape index (κ2) is 7.27. The van der Waals surface area contributed by atoms with Crippen molar-refractivity contribution in [2.75, 3.05) is 13.1 Å². The average molecular weight is 397 g/mol. The van der Waals surface area contributed by atoms with Crippen molar-refractivity contribution in [2.45, 2.75) is 18.9 Å². The molecule has 1 unspecified atom stereocenters. The Hall–Kier alpha value is -1.66. The van der Waals surface area contributed by atoms with Gasteiger partial charge in [-0.25, -0.2) is 9.97 Å². The van der Waals surface area contributed by atoms with Gasteiger partial charge in [0.25, 0.3) is 5.91 Å². The van der Waals surface area contributed by atoms with E-state index in [4.69, 9.17) is 16.3 Å². The number of piperidine rings is 1. The minimum absolute atomic E-state index is 0.00259. The third-order valence-electron chi connectivity index (χ3n) is 3.64. The number of benzene rings is 1. The summed E-state index contributed by atoms with van der Waals surface area (Å²) in [4.78, 5) is 22.5. The predicted molar refractivity (Wildman–Crippen MR) is 90.7 cm³/mol. The first kappa shape index (κ1) is 16.2. The molecule has 120 valence electrons. The summed E-state index contributed by atoms with van der Waals surface area (Å²) in [6.45, 7) is 1.24. The molecule has 1 amide bonds. The van der Waals surface area contributed by atoms with Crippen LogP contribution in [0.4, 0.5) is 0 Å². The van der Waals surface area contributed by atoms with E-state index in [1.54, 1.807) is 0 Å². The number of hydrogen-bond donors (Lipinski definition) is 0. The lowest BCUT2D eigenvalue weighted by atomic mass is 10.1. The number of carbonyl (C=O) groups excluding carboxylic acids is 1. The molecule has 1 aromatic heterocycles. The molecule has 7 heteroatoms. The van der Waals surface area contributed by atoms with E-state index in [0.717, 1.165) is 23.9 Å². The summed E-state index contributed by atoms with van der Waals surface area (Å²) in [5.74, 6) is 0.00259. The topological polar surface area (TPSA) is 55.3 Å². The standard InChI is InChI=1S/C16H15BrClN3O2/c17-14-6-2-1-5-13(14)15(22)21-7-3-4-12(10-21)23-16-19-8-11(18)9-20-16/h1-2,5-6,8-9,12H,3-4,7,10H2. The van der Waals surface area contributed by atoms with Crippen LogP contribution < -0.4 is 4.74 Å². The van der Waals surface area contributed by atoms with Crippen LogP contribution in [0.1, 0.15) is 23.2 Å². The van der Waals surface area contributed by atoms with Crippen LogP contribution in [-0.4, -0.2) is 40.0 Å². The van der Waals surface area contributed by atoms with Crippen molar-refractivity contribution in [3.05, 3.63) is 51.7 Å². The molecule has 1 aliphatic heterocycles. The Kier molecular flexibility index (Phi) is 5.13. The number of likely N-dealkylation sites (tertiary alicyclic amines) is 1. The van der Waals surface area contributed by atoms with Gasteiger partial charge >= 0.3 is 6.01 Å². The molecule has 3 rings (SSSR count). The van der Waals surface area contributed by atoms with Crippen molar-refractivity contribution in [1.29, 1.82) is 0 Å². The van der Waals surface area contributed by atoms with Crippen molar-refractivity contribution in [3.8, 4) is 6.01 Å². The maximum Gasteiger partial charge on any atom is 0.316 e. The summed E-state index contributed by atoms with van der Waals surface area (Å²) in [5, 5.41) is 0.465. The predicted octanol–water partition coefficient (Wildman–Crippen LogP) is 3.58. The number of aromatic nitrogens is 2. The van der Waals surface area contributed by atoms with E-state index in [9.17, 15) is 4.79 Å². The first-order chi connectivity index (χ1) is 11.1. The fraction of sp³-hybridized carbons (Fsp3) is 0.312. The molecule has 1 fully saturated rings. The summed E-state index contributed by atoms with van der Waals surface area (Å²) in [6.07, 6.45) is 4.63. The molecule has 1 aromatic carbocycles. The number of carbonyl (C=O) groups is 1. The van der Waals surface area contributed by atoms with Gasteiger partial charge in [-0.05, 0) is 40.9 Å². The van der Waals surface area contributed by atoms with Gasteiger partial charge in [0, 0.05) is 11.0 Å². The first-order valence-electron chi connectivity index (χ1n) is 7.31. The van der Waals surface area contributed by atoms with Crippen molar-refractivity contribution in [3.63, 3.8) is 0 Å². The molecule has 1 saturated heterocycles. The number of ether oxygens (including phenoxy) is 1. The fourth-order valence-corrected chi connectivity index (χ4v) is 3.09. The zero-order chi connectivity index (χ0) is 16.2. The van der Waals surface area contributed by atoms with E-state index in [0.29, 0.717) is 17.1 Å². The lowest BCUT2D eigenvalue weighted by Crippen LogP contribution is -2.44. The third-order valence-corrected chi connectivity index (χ3v) is 4.53. The highest BCUT2D eigenvalue weighted by atomic mass is 79.9. The molecule has 5 nitrogen and oxygen atoms in total. The Bertz CT molecular complexity index is 696. The van der Waals surface area contributed by atoms with Gasteiger partial charge in [-0.15, -0.1) is 0 Å². The van der Waals surface area contributed by atoms with Gasteiger partial charge in [-0.3, -0.25) is 4.79 Å². The van der Waals surface area contributed by atoms with E-state index < -0.39 is 0 Å². The van der Waals surface area contributed by atoms with Gasteiger partial charge in [-0.1, -0.05) is 23.7 Å². The van der Waals surface area contributed by atoms with Crippen LogP contribution in [0, 0.1) is 0 Å². The molecule has 1 atom stereocenters. The van der Waals surface area contributed by atoms with Gasteiger partial charge < -0.3 is 9.64 Å². The van der Waals surface area contributed by atoms with E-state index in [1.807, 2.05) is 29.2 Å². The Balaban J connectivity index is 1.67. The molecule has 2 aromatic rings. The van der Waals surface area contributed by atoms with Crippen molar-refractivity contribution in [2.24, 2.45) is 0 Å². The Labute approximate surface area is 147 Å². The molecule has 0 N–H and O–H groups in total. The largest absolute Gasteiger partial charge is 0.458 e. The molecular formula is C16H15BrClN3O2. The zero-order valence-electron chi connectivity index (χ0n) is 12.3. The highest BCUT2D eigenvalue weighted by Gasteiger charge is 2.27. The highest BCUT2D eigenvalue weighted by molar-refractivity contribution is 9.10. The van der Waals surface area contributed by atoms with Gasteiger partial charge in [-0.2, -0.15) is 0 Å². The normalized spacial score (nSPS) is 17.8. The molecule has 1 aliphatic rings. The molecule has 0 spiro atoms.